The second-order valence-corrected chi connectivity index (χ2v) is 5.94. The average molecular weight is 352 g/mol. The van der Waals surface area contributed by atoms with Crippen molar-refractivity contribution < 1.29 is 9.47 Å². The summed E-state index contributed by atoms with van der Waals surface area (Å²) in [6.07, 6.45) is 6.45. The van der Waals surface area contributed by atoms with Crippen LogP contribution in [0, 0.1) is 0 Å². The molecule has 134 valence electrons. The summed E-state index contributed by atoms with van der Waals surface area (Å²) in [5, 5.41) is 16.9. The van der Waals surface area contributed by atoms with Gasteiger partial charge in [-0.25, -0.2) is 4.98 Å². The third kappa shape index (κ3) is 2.95. The smallest absolute Gasteiger partial charge is 0.157 e. The number of aromatic amines is 1. The maximum atomic E-state index is 5.47. The number of pyridine rings is 1. The maximum absolute atomic E-state index is 5.47. The van der Waals surface area contributed by atoms with Crippen LogP contribution in [0.1, 0.15) is 6.42 Å². The van der Waals surface area contributed by atoms with Gasteiger partial charge in [0, 0.05) is 37.2 Å². The zero-order valence-corrected chi connectivity index (χ0v) is 14.7. The summed E-state index contributed by atoms with van der Waals surface area (Å²) in [4.78, 5) is 4.76. The number of aromatic nitrogens is 5. The Hall–Kier alpha value is -3.13. The number of anilines is 2. The SMILES string of the molecule is COCCCn1cc(Nc2nc3c(OC)cccc3c3cn[nH]c23)cn1. The van der Waals surface area contributed by atoms with E-state index >= 15 is 0 Å². The third-order valence-electron chi connectivity index (χ3n) is 4.24. The highest BCUT2D eigenvalue weighted by molar-refractivity contribution is 6.10. The molecule has 3 aromatic heterocycles. The van der Waals surface area contributed by atoms with Gasteiger partial charge in [-0.2, -0.15) is 10.2 Å². The van der Waals surface area contributed by atoms with Crippen molar-refractivity contribution in [1.82, 2.24) is 25.0 Å². The van der Waals surface area contributed by atoms with Crippen LogP contribution in [-0.2, 0) is 11.3 Å². The molecule has 0 atom stereocenters. The van der Waals surface area contributed by atoms with Crippen molar-refractivity contribution in [3.8, 4) is 5.75 Å². The third-order valence-corrected chi connectivity index (χ3v) is 4.24. The van der Waals surface area contributed by atoms with Crippen molar-refractivity contribution in [3.63, 3.8) is 0 Å². The molecule has 0 amide bonds. The van der Waals surface area contributed by atoms with Crippen LogP contribution in [0.5, 0.6) is 5.75 Å². The molecule has 4 aromatic rings. The monoisotopic (exact) mass is 352 g/mol. The van der Waals surface area contributed by atoms with Gasteiger partial charge in [0.1, 0.15) is 16.8 Å². The van der Waals surface area contributed by atoms with E-state index in [1.165, 1.54) is 0 Å². The predicted molar refractivity (Wildman–Crippen MR) is 99.9 cm³/mol. The van der Waals surface area contributed by atoms with E-state index < -0.39 is 0 Å². The standard InChI is InChI=1S/C18H20N6O2/c1-25-8-4-7-24-11-12(9-20-24)21-18-17-14(10-19-23-17)13-5-3-6-15(26-2)16(13)22-18/h3,5-6,9-11H,4,7-8H2,1-2H3,(H,19,23)(H,21,22). The Morgan fingerprint density at radius 2 is 2.12 bits per heavy atom. The zero-order chi connectivity index (χ0) is 17.9. The highest BCUT2D eigenvalue weighted by Crippen LogP contribution is 2.33. The van der Waals surface area contributed by atoms with Crippen molar-refractivity contribution in [2.24, 2.45) is 0 Å². The lowest BCUT2D eigenvalue weighted by molar-refractivity contribution is 0.189. The molecule has 0 radical (unpaired) electrons. The first-order valence-corrected chi connectivity index (χ1v) is 8.38. The van der Waals surface area contributed by atoms with Crippen molar-refractivity contribution in [1.29, 1.82) is 0 Å². The van der Waals surface area contributed by atoms with E-state index in [2.05, 4.69) is 20.6 Å². The molecular weight excluding hydrogens is 332 g/mol. The number of hydrogen-bond donors (Lipinski definition) is 2. The van der Waals surface area contributed by atoms with Gasteiger partial charge in [0.25, 0.3) is 0 Å². The Kier molecular flexibility index (Phi) is 4.40. The van der Waals surface area contributed by atoms with Crippen LogP contribution in [0.15, 0.2) is 36.8 Å². The lowest BCUT2D eigenvalue weighted by Crippen LogP contribution is -2.01. The van der Waals surface area contributed by atoms with Crippen LogP contribution in [0.4, 0.5) is 11.5 Å². The molecule has 26 heavy (non-hydrogen) atoms. The second-order valence-electron chi connectivity index (χ2n) is 5.94. The van der Waals surface area contributed by atoms with E-state index in [0.717, 1.165) is 46.2 Å². The summed E-state index contributed by atoms with van der Waals surface area (Å²) >= 11 is 0. The molecule has 0 aliphatic heterocycles. The summed E-state index contributed by atoms with van der Waals surface area (Å²) < 4.78 is 12.4. The summed E-state index contributed by atoms with van der Waals surface area (Å²) in [7, 11) is 3.35. The minimum Gasteiger partial charge on any atom is -0.494 e. The summed E-state index contributed by atoms with van der Waals surface area (Å²) in [5.74, 6) is 1.41. The first kappa shape index (κ1) is 16.3. The Balaban J connectivity index is 1.70. The lowest BCUT2D eigenvalue weighted by atomic mass is 10.1. The molecule has 1 aromatic carbocycles. The van der Waals surface area contributed by atoms with E-state index in [4.69, 9.17) is 14.5 Å². The molecule has 0 fully saturated rings. The van der Waals surface area contributed by atoms with Crippen LogP contribution in [0.25, 0.3) is 21.8 Å². The fraction of sp³-hybridized carbons (Fsp3) is 0.278. The molecule has 2 N–H and O–H groups in total. The highest BCUT2D eigenvalue weighted by atomic mass is 16.5. The minimum atomic E-state index is 0.686. The number of aryl methyl sites for hydroxylation is 1. The van der Waals surface area contributed by atoms with E-state index in [-0.39, 0.29) is 0 Å². The van der Waals surface area contributed by atoms with Crippen LogP contribution in [-0.4, -0.2) is 45.8 Å². The second kappa shape index (κ2) is 7.01. The van der Waals surface area contributed by atoms with Gasteiger partial charge >= 0.3 is 0 Å². The van der Waals surface area contributed by atoms with Crippen molar-refractivity contribution in [3.05, 3.63) is 36.8 Å². The van der Waals surface area contributed by atoms with Crippen LogP contribution in [0.3, 0.4) is 0 Å². The number of H-pyrrole nitrogens is 1. The number of hydrogen-bond acceptors (Lipinski definition) is 6. The molecule has 0 aliphatic carbocycles. The van der Waals surface area contributed by atoms with Gasteiger partial charge in [-0.3, -0.25) is 9.78 Å². The minimum absolute atomic E-state index is 0.686. The Morgan fingerprint density at radius 3 is 2.96 bits per heavy atom. The summed E-state index contributed by atoms with van der Waals surface area (Å²) in [6, 6.07) is 5.87. The Bertz CT molecular complexity index is 1040. The lowest BCUT2D eigenvalue weighted by Gasteiger charge is -2.09. The van der Waals surface area contributed by atoms with Crippen molar-refractivity contribution >= 4 is 33.3 Å². The van der Waals surface area contributed by atoms with Crippen molar-refractivity contribution in [2.75, 3.05) is 26.1 Å². The molecule has 0 unspecified atom stereocenters. The molecule has 3 heterocycles. The van der Waals surface area contributed by atoms with Gasteiger partial charge in [-0.05, 0) is 12.5 Å². The molecule has 0 aliphatic rings. The molecule has 8 nitrogen and oxygen atoms in total. The molecule has 8 heteroatoms. The van der Waals surface area contributed by atoms with Gasteiger partial charge in [0.15, 0.2) is 5.82 Å². The number of nitrogens with zero attached hydrogens (tertiary/aromatic N) is 4. The normalized spacial score (nSPS) is 11.3. The summed E-state index contributed by atoms with van der Waals surface area (Å²) in [6.45, 7) is 1.51. The number of fused-ring (bicyclic) bond motifs is 3. The van der Waals surface area contributed by atoms with Crippen LogP contribution < -0.4 is 10.1 Å². The number of para-hydroxylation sites is 1. The quantitative estimate of drug-likeness (QED) is 0.497. The molecule has 0 saturated carbocycles. The number of methoxy groups -OCH3 is 2. The Morgan fingerprint density at radius 1 is 1.19 bits per heavy atom. The largest absolute Gasteiger partial charge is 0.494 e. The number of rotatable bonds is 7. The number of nitrogens with one attached hydrogen (secondary N) is 2. The maximum Gasteiger partial charge on any atom is 0.157 e. The number of ether oxygens (including phenoxy) is 2. The number of benzene rings is 1. The molecule has 4 rings (SSSR count). The van der Waals surface area contributed by atoms with E-state index in [0.29, 0.717) is 12.4 Å². The van der Waals surface area contributed by atoms with Gasteiger partial charge in [0.2, 0.25) is 0 Å². The van der Waals surface area contributed by atoms with Gasteiger partial charge < -0.3 is 14.8 Å². The molecular formula is C18H20N6O2. The first-order chi connectivity index (χ1) is 12.8. The average Bonchev–Trinajstić information content (AvgIpc) is 3.31. The topological polar surface area (TPSA) is 89.9 Å². The van der Waals surface area contributed by atoms with Crippen molar-refractivity contribution in [2.45, 2.75) is 13.0 Å². The zero-order valence-electron chi connectivity index (χ0n) is 14.7. The van der Waals surface area contributed by atoms with Crippen LogP contribution in [0.2, 0.25) is 0 Å². The molecule has 0 bridgehead atoms. The predicted octanol–water partition coefficient (Wildman–Crippen LogP) is 3.10. The Labute approximate surface area is 150 Å². The van der Waals surface area contributed by atoms with Gasteiger partial charge in [-0.15, -0.1) is 0 Å². The van der Waals surface area contributed by atoms with Gasteiger partial charge in [0.05, 0.1) is 25.2 Å². The van der Waals surface area contributed by atoms with Gasteiger partial charge in [-0.1, -0.05) is 12.1 Å². The first-order valence-electron chi connectivity index (χ1n) is 8.38. The fourth-order valence-corrected chi connectivity index (χ4v) is 3.01. The van der Waals surface area contributed by atoms with Crippen LogP contribution >= 0.6 is 0 Å². The van der Waals surface area contributed by atoms with E-state index in [9.17, 15) is 0 Å². The highest BCUT2D eigenvalue weighted by Gasteiger charge is 2.14. The van der Waals surface area contributed by atoms with E-state index in [1.807, 2.05) is 29.1 Å². The molecule has 0 spiro atoms. The fourth-order valence-electron chi connectivity index (χ4n) is 3.01. The van der Waals surface area contributed by atoms with E-state index in [1.54, 1.807) is 26.6 Å². The summed E-state index contributed by atoms with van der Waals surface area (Å²) in [5.41, 5.74) is 2.50. The molecule has 0 saturated heterocycles.